The highest BCUT2D eigenvalue weighted by atomic mass is 35.5. The highest BCUT2D eigenvalue weighted by Crippen LogP contribution is 2.36. The zero-order valence-corrected chi connectivity index (χ0v) is 16.2. The summed E-state index contributed by atoms with van der Waals surface area (Å²) >= 11 is 6.10. The number of pyridine rings is 2. The van der Waals surface area contributed by atoms with Crippen molar-refractivity contribution in [2.75, 3.05) is 24.9 Å². The van der Waals surface area contributed by atoms with Gasteiger partial charge in [0.05, 0.1) is 36.2 Å². The van der Waals surface area contributed by atoms with Crippen molar-refractivity contribution in [3.8, 4) is 11.5 Å². The summed E-state index contributed by atoms with van der Waals surface area (Å²) in [7, 11) is 3.00. The third-order valence-corrected chi connectivity index (χ3v) is 4.26. The Bertz CT molecular complexity index is 967. The Hall–Kier alpha value is -3.32. The van der Waals surface area contributed by atoms with Crippen molar-refractivity contribution in [2.24, 2.45) is 0 Å². The second-order valence-corrected chi connectivity index (χ2v) is 6.22. The smallest absolute Gasteiger partial charge is 0.257 e. The molecule has 2 aromatic heterocycles. The normalized spacial score (nSPS) is 10.2. The number of nitrogens with one attached hydrogen (secondary N) is 2. The summed E-state index contributed by atoms with van der Waals surface area (Å²) in [5.41, 5.74) is 2.65. The topological polar surface area (TPSA) is 85.4 Å². The zero-order chi connectivity index (χ0) is 19.9. The van der Waals surface area contributed by atoms with E-state index in [0.717, 1.165) is 11.3 Å². The minimum atomic E-state index is -0.331. The maximum absolute atomic E-state index is 12.7. The average Bonchev–Trinajstić information content (AvgIpc) is 2.74. The molecule has 0 aliphatic heterocycles. The number of amides is 1. The standard InChI is InChI=1S/C20H19ClN4O3/c1-27-18-9-17(19(28-2)8-16(18)21)25-20(26)14-7-15(12-23-11-14)24-10-13-3-5-22-6-4-13/h3-9,11-12,24H,10H2,1-2H3,(H,25,26). The number of rotatable bonds is 7. The molecule has 0 unspecified atom stereocenters. The number of carbonyl (C=O) groups is 1. The van der Waals surface area contributed by atoms with Gasteiger partial charge in [0.15, 0.2) is 0 Å². The van der Waals surface area contributed by atoms with Crippen LogP contribution in [0.4, 0.5) is 11.4 Å². The van der Waals surface area contributed by atoms with Crippen LogP contribution in [0.1, 0.15) is 15.9 Å². The van der Waals surface area contributed by atoms with E-state index in [0.29, 0.717) is 34.3 Å². The van der Waals surface area contributed by atoms with Crippen LogP contribution in [0.2, 0.25) is 5.02 Å². The number of anilines is 2. The second kappa shape index (κ2) is 9.05. The lowest BCUT2D eigenvalue weighted by atomic mass is 10.2. The van der Waals surface area contributed by atoms with Crippen LogP contribution in [-0.2, 0) is 6.54 Å². The molecule has 0 bridgehead atoms. The number of hydrogen-bond acceptors (Lipinski definition) is 6. The predicted molar refractivity (Wildman–Crippen MR) is 108 cm³/mol. The van der Waals surface area contributed by atoms with Crippen molar-refractivity contribution < 1.29 is 14.3 Å². The van der Waals surface area contributed by atoms with Gasteiger partial charge in [-0.3, -0.25) is 14.8 Å². The van der Waals surface area contributed by atoms with Gasteiger partial charge in [0.25, 0.3) is 5.91 Å². The minimum absolute atomic E-state index is 0.331. The summed E-state index contributed by atoms with van der Waals surface area (Å²) in [6, 6.07) is 8.75. The molecule has 2 N–H and O–H groups in total. The zero-order valence-electron chi connectivity index (χ0n) is 15.4. The minimum Gasteiger partial charge on any atom is -0.495 e. The summed E-state index contributed by atoms with van der Waals surface area (Å²) in [6.45, 7) is 0.595. The van der Waals surface area contributed by atoms with Crippen molar-refractivity contribution in [3.05, 3.63) is 71.3 Å². The molecule has 0 aliphatic rings. The number of halogens is 1. The number of methoxy groups -OCH3 is 2. The van der Waals surface area contributed by atoms with Crippen LogP contribution >= 0.6 is 11.6 Å². The number of benzene rings is 1. The maximum atomic E-state index is 12.7. The van der Waals surface area contributed by atoms with Gasteiger partial charge in [0, 0.05) is 43.5 Å². The Morgan fingerprint density at radius 3 is 2.50 bits per heavy atom. The van der Waals surface area contributed by atoms with Crippen molar-refractivity contribution in [1.29, 1.82) is 0 Å². The number of carbonyl (C=O) groups excluding carboxylic acids is 1. The van der Waals surface area contributed by atoms with Gasteiger partial charge < -0.3 is 20.1 Å². The first kappa shape index (κ1) is 19.4. The monoisotopic (exact) mass is 398 g/mol. The number of aromatic nitrogens is 2. The van der Waals surface area contributed by atoms with E-state index in [4.69, 9.17) is 21.1 Å². The van der Waals surface area contributed by atoms with Gasteiger partial charge in [0.2, 0.25) is 0 Å². The van der Waals surface area contributed by atoms with Gasteiger partial charge in [-0.15, -0.1) is 0 Å². The molecule has 0 radical (unpaired) electrons. The van der Waals surface area contributed by atoms with Gasteiger partial charge in [-0.25, -0.2) is 0 Å². The summed E-state index contributed by atoms with van der Waals surface area (Å²) < 4.78 is 10.5. The molecule has 1 aromatic carbocycles. The molecule has 0 atom stereocenters. The van der Waals surface area contributed by atoms with Crippen LogP contribution in [0.15, 0.2) is 55.1 Å². The molecular formula is C20H19ClN4O3. The van der Waals surface area contributed by atoms with Crippen molar-refractivity contribution >= 4 is 28.9 Å². The molecule has 3 rings (SSSR count). The molecular weight excluding hydrogens is 380 g/mol. The Balaban J connectivity index is 1.74. The number of hydrogen-bond donors (Lipinski definition) is 2. The first-order valence-corrected chi connectivity index (χ1v) is 8.79. The molecule has 0 aliphatic carbocycles. The fourth-order valence-electron chi connectivity index (χ4n) is 2.52. The van der Waals surface area contributed by atoms with Crippen molar-refractivity contribution in [1.82, 2.24) is 9.97 Å². The average molecular weight is 399 g/mol. The van der Waals surface area contributed by atoms with E-state index in [2.05, 4.69) is 20.6 Å². The molecule has 0 saturated carbocycles. The van der Waals surface area contributed by atoms with Crippen molar-refractivity contribution in [3.63, 3.8) is 0 Å². The van der Waals surface area contributed by atoms with E-state index in [1.165, 1.54) is 20.4 Å². The molecule has 28 heavy (non-hydrogen) atoms. The second-order valence-electron chi connectivity index (χ2n) is 5.81. The Kier molecular flexibility index (Phi) is 6.29. The maximum Gasteiger partial charge on any atom is 0.257 e. The third kappa shape index (κ3) is 4.69. The van der Waals surface area contributed by atoms with E-state index in [1.807, 2.05) is 12.1 Å². The van der Waals surface area contributed by atoms with E-state index in [9.17, 15) is 4.79 Å². The quantitative estimate of drug-likeness (QED) is 0.625. The van der Waals surface area contributed by atoms with E-state index >= 15 is 0 Å². The van der Waals surface area contributed by atoms with Crippen LogP contribution in [-0.4, -0.2) is 30.1 Å². The first-order valence-electron chi connectivity index (χ1n) is 8.41. The molecule has 3 aromatic rings. The first-order chi connectivity index (χ1) is 13.6. The largest absolute Gasteiger partial charge is 0.495 e. The molecule has 1 amide bonds. The Morgan fingerprint density at radius 1 is 1.04 bits per heavy atom. The fourth-order valence-corrected chi connectivity index (χ4v) is 2.75. The van der Waals surface area contributed by atoms with Gasteiger partial charge in [-0.2, -0.15) is 0 Å². The lowest BCUT2D eigenvalue weighted by Gasteiger charge is -2.13. The molecule has 0 saturated heterocycles. The Morgan fingerprint density at radius 2 is 1.79 bits per heavy atom. The molecule has 7 nitrogen and oxygen atoms in total. The Labute approximate surface area is 167 Å². The lowest BCUT2D eigenvalue weighted by Crippen LogP contribution is -2.13. The number of nitrogens with zero attached hydrogens (tertiary/aromatic N) is 2. The molecule has 0 fully saturated rings. The fraction of sp³-hybridized carbons (Fsp3) is 0.150. The summed E-state index contributed by atoms with van der Waals surface area (Å²) in [4.78, 5) is 20.8. The van der Waals surface area contributed by atoms with Gasteiger partial charge >= 0.3 is 0 Å². The summed E-state index contributed by atoms with van der Waals surface area (Å²) in [5.74, 6) is 0.533. The SMILES string of the molecule is COc1cc(NC(=O)c2cncc(NCc3ccncc3)c2)c(OC)cc1Cl. The summed E-state index contributed by atoms with van der Waals surface area (Å²) in [5, 5.41) is 6.43. The van der Waals surface area contributed by atoms with Crippen LogP contribution in [0.3, 0.4) is 0 Å². The van der Waals surface area contributed by atoms with Crippen LogP contribution in [0, 0.1) is 0 Å². The third-order valence-electron chi connectivity index (χ3n) is 3.97. The van der Waals surface area contributed by atoms with Crippen LogP contribution in [0.5, 0.6) is 11.5 Å². The molecule has 144 valence electrons. The highest BCUT2D eigenvalue weighted by molar-refractivity contribution is 6.32. The van der Waals surface area contributed by atoms with Crippen LogP contribution in [0.25, 0.3) is 0 Å². The predicted octanol–water partition coefficient (Wildman–Crippen LogP) is 4.01. The molecule has 2 heterocycles. The van der Waals surface area contributed by atoms with Gasteiger partial charge in [-0.1, -0.05) is 11.6 Å². The lowest BCUT2D eigenvalue weighted by molar-refractivity contribution is 0.102. The molecule has 0 spiro atoms. The number of ether oxygens (including phenoxy) is 2. The van der Waals surface area contributed by atoms with E-state index in [1.54, 1.807) is 36.8 Å². The van der Waals surface area contributed by atoms with Gasteiger partial charge in [-0.05, 0) is 23.8 Å². The van der Waals surface area contributed by atoms with Crippen molar-refractivity contribution in [2.45, 2.75) is 6.54 Å². The van der Waals surface area contributed by atoms with Gasteiger partial charge in [0.1, 0.15) is 11.5 Å². The highest BCUT2D eigenvalue weighted by Gasteiger charge is 2.14. The summed E-state index contributed by atoms with van der Waals surface area (Å²) in [6.07, 6.45) is 6.61. The molecule has 8 heteroatoms. The van der Waals surface area contributed by atoms with Crippen LogP contribution < -0.4 is 20.1 Å². The van der Waals surface area contributed by atoms with E-state index < -0.39 is 0 Å². The van der Waals surface area contributed by atoms with E-state index in [-0.39, 0.29) is 5.91 Å².